The predicted octanol–water partition coefficient (Wildman–Crippen LogP) is 3.90. The summed E-state index contributed by atoms with van der Waals surface area (Å²) >= 11 is 0. The van der Waals surface area contributed by atoms with Crippen molar-refractivity contribution in [1.82, 2.24) is 0 Å². The van der Waals surface area contributed by atoms with E-state index in [1.807, 2.05) is 0 Å². The lowest BCUT2D eigenvalue weighted by Crippen LogP contribution is -2.26. The first-order valence-electron chi connectivity index (χ1n) is 8.64. The van der Waals surface area contributed by atoms with Crippen LogP contribution in [-0.2, 0) is 23.0 Å². The van der Waals surface area contributed by atoms with Gasteiger partial charge < -0.3 is 9.84 Å². The molecule has 0 aromatic heterocycles. The van der Waals surface area contributed by atoms with Crippen LogP contribution in [0.25, 0.3) is 0 Å². The summed E-state index contributed by atoms with van der Waals surface area (Å²) in [6.45, 7) is 1.95. The van der Waals surface area contributed by atoms with Gasteiger partial charge in [0.2, 0.25) is 0 Å². The minimum Gasteiger partial charge on any atom is -0.396 e. The summed E-state index contributed by atoms with van der Waals surface area (Å²) in [6.07, 6.45) is 5.34. The molecule has 1 heterocycles. The Morgan fingerprint density at radius 1 is 0.913 bits per heavy atom. The average Bonchev–Trinajstić information content (AvgIpc) is 3.08. The molecular weight excluding hydrogens is 284 g/mol. The van der Waals surface area contributed by atoms with Crippen molar-refractivity contribution >= 4 is 0 Å². The van der Waals surface area contributed by atoms with E-state index in [0.717, 1.165) is 32.5 Å². The van der Waals surface area contributed by atoms with Crippen molar-refractivity contribution in [2.24, 2.45) is 0 Å². The number of benzene rings is 2. The Labute approximate surface area is 139 Å². The van der Waals surface area contributed by atoms with E-state index in [1.54, 1.807) is 0 Å². The Morgan fingerprint density at radius 2 is 1.61 bits per heavy atom. The highest BCUT2D eigenvalue weighted by atomic mass is 16.5. The van der Waals surface area contributed by atoms with E-state index in [1.165, 1.54) is 29.5 Å². The molecule has 1 fully saturated rings. The van der Waals surface area contributed by atoms with Crippen molar-refractivity contribution in [2.75, 3.05) is 19.8 Å². The molecular formula is C21H26O2. The summed E-state index contributed by atoms with van der Waals surface area (Å²) < 4.78 is 5.74. The van der Waals surface area contributed by atoms with Gasteiger partial charge in [0.15, 0.2) is 0 Å². The Hall–Kier alpha value is -1.64. The van der Waals surface area contributed by atoms with Gasteiger partial charge in [0.25, 0.3) is 0 Å². The molecule has 3 rings (SSSR count). The van der Waals surface area contributed by atoms with E-state index in [-0.39, 0.29) is 12.0 Å². The number of rotatable bonds is 7. The fourth-order valence-electron chi connectivity index (χ4n) is 3.60. The predicted molar refractivity (Wildman–Crippen MR) is 93.7 cm³/mol. The highest BCUT2D eigenvalue weighted by molar-refractivity contribution is 5.27. The van der Waals surface area contributed by atoms with Crippen LogP contribution >= 0.6 is 0 Å². The second-order valence-electron chi connectivity index (χ2n) is 6.59. The van der Waals surface area contributed by atoms with Gasteiger partial charge in [-0.25, -0.2) is 0 Å². The lowest BCUT2D eigenvalue weighted by atomic mass is 9.75. The van der Waals surface area contributed by atoms with Gasteiger partial charge in [0.1, 0.15) is 0 Å². The molecule has 0 bridgehead atoms. The van der Waals surface area contributed by atoms with Crippen LogP contribution in [0.4, 0.5) is 0 Å². The van der Waals surface area contributed by atoms with Gasteiger partial charge in [-0.05, 0) is 48.8 Å². The SMILES string of the molecule is OCCc1ccc(CCCC2(c3ccccc3)CCOC2)cc1. The van der Waals surface area contributed by atoms with Crippen LogP contribution in [0.1, 0.15) is 36.0 Å². The van der Waals surface area contributed by atoms with Crippen LogP contribution in [0.5, 0.6) is 0 Å². The molecule has 2 nitrogen and oxygen atoms in total. The smallest absolute Gasteiger partial charge is 0.0563 e. The fourth-order valence-corrected chi connectivity index (χ4v) is 3.60. The van der Waals surface area contributed by atoms with E-state index in [2.05, 4.69) is 54.6 Å². The van der Waals surface area contributed by atoms with Gasteiger partial charge in [0.05, 0.1) is 6.61 Å². The first-order valence-corrected chi connectivity index (χ1v) is 8.64. The van der Waals surface area contributed by atoms with Gasteiger partial charge >= 0.3 is 0 Å². The molecule has 2 aromatic rings. The van der Waals surface area contributed by atoms with Gasteiger partial charge in [-0.15, -0.1) is 0 Å². The normalized spacial score (nSPS) is 20.7. The van der Waals surface area contributed by atoms with Crippen LogP contribution in [0.3, 0.4) is 0 Å². The maximum Gasteiger partial charge on any atom is 0.0563 e. The second kappa shape index (κ2) is 7.76. The maximum absolute atomic E-state index is 8.98. The highest BCUT2D eigenvalue weighted by Crippen LogP contribution is 2.37. The van der Waals surface area contributed by atoms with Crippen molar-refractivity contribution in [2.45, 2.75) is 37.5 Å². The minimum atomic E-state index is 0.206. The van der Waals surface area contributed by atoms with Crippen LogP contribution < -0.4 is 0 Å². The molecule has 2 aromatic carbocycles. The third-order valence-corrected chi connectivity index (χ3v) is 5.03. The Kier molecular flexibility index (Phi) is 5.47. The van der Waals surface area contributed by atoms with Crippen molar-refractivity contribution in [3.63, 3.8) is 0 Å². The summed E-state index contributed by atoms with van der Waals surface area (Å²) in [5.41, 5.74) is 4.23. The molecule has 0 saturated carbocycles. The molecule has 0 amide bonds. The molecule has 1 saturated heterocycles. The average molecular weight is 310 g/mol. The highest BCUT2D eigenvalue weighted by Gasteiger charge is 2.35. The molecule has 1 aliphatic heterocycles. The van der Waals surface area contributed by atoms with Gasteiger partial charge in [0, 0.05) is 18.6 Å². The van der Waals surface area contributed by atoms with Crippen LogP contribution in [0, 0.1) is 0 Å². The summed E-state index contributed by atoms with van der Waals surface area (Å²) in [6, 6.07) is 19.5. The van der Waals surface area contributed by atoms with E-state index < -0.39 is 0 Å². The zero-order chi connectivity index (χ0) is 16.0. The van der Waals surface area contributed by atoms with Gasteiger partial charge in [-0.2, -0.15) is 0 Å². The Balaban J connectivity index is 1.59. The van der Waals surface area contributed by atoms with Crippen molar-refractivity contribution in [1.29, 1.82) is 0 Å². The molecule has 0 spiro atoms. The molecule has 23 heavy (non-hydrogen) atoms. The fraction of sp³-hybridized carbons (Fsp3) is 0.429. The van der Waals surface area contributed by atoms with Crippen molar-refractivity contribution in [3.8, 4) is 0 Å². The van der Waals surface area contributed by atoms with E-state index >= 15 is 0 Å². The van der Waals surface area contributed by atoms with Crippen LogP contribution in [0.15, 0.2) is 54.6 Å². The number of hydrogen-bond donors (Lipinski definition) is 1. The van der Waals surface area contributed by atoms with E-state index in [0.29, 0.717) is 0 Å². The number of aliphatic hydroxyl groups excluding tert-OH is 1. The Morgan fingerprint density at radius 3 is 2.22 bits per heavy atom. The molecule has 2 heteroatoms. The topological polar surface area (TPSA) is 29.5 Å². The summed E-state index contributed by atoms with van der Waals surface area (Å²) in [5, 5.41) is 8.98. The standard InChI is InChI=1S/C21H26O2/c22-15-12-19-10-8-18(9-11-19)5-4-13-21(14-16-23-17-21)20-6-2-1-3-7-20/h1-3,6-11,22H,4-5,12-17H2. The molecule has 122 valence electrons. The molecule has 1 atom stereocenters. The van der Waals surface area contributed by atoms with Gasteiger partial charge in [-0.3, -0.25) is 0 Å². The lowest BCUT2D eigenvalue weighted by Gasteiger charge is -2.28. The number of hydrogen-bond acceptors (Lipinski definition) is 2. The largest absolute Gasteiger partial charge is 0.396 e. The van der Waals surface area contributed by atoms with Crippen molar-refractivity contribution in [3.05, 3.63) is 71.3 Å². The van der Waals surface area contributed by atoms with E-state index in [4.69, 9.17) is 9.84 Å². The molecule has 1 N–H and O–H groups in total. The zero-order valence-electron chi connectivity index (χ0n) is 13.7. The van der Waals surface area contributed by atoms with Crippen molar-refractivity contribution < 1.29 is 9.84 Å². The zero-order valence-corrected chi connectivity index (χ0v) is 13.7. The quantitative estimate of drug-likeness (QED) is 0.840. The molecule has 0 aliphatic carbocycles. The summed E-state index contributed by atoms with van der Waals surface area (Å²) in [7, 11) is 0. The van der Waals surface area contributed by atoms with E-state index in [9.17, 15) is 0 Å². The second-order valence-corrected chi connectivity index (χ2v) is 6.59. The first-order chi connectivity index (χ1) is 11.3. The van der Waals surface area contributed by atoms with Crippen LogP contribution in [-0.4, -0.2) is 24.9 Å². The monoisotopic (exact) mass is 310 g/mol. The number of aryl methyl sites for hydroxylation is 1. The van der Waals surface area contributed by atoms with Crippen LogP contribution in [0.2, 0.25) is 0 Å². The summed E-state index contributed by atoms with van der Waals surface area (Å²) in [4.78, 5) is 0. The third-order valence-electron chi connectivity index (χ3n) is 5.03. The minimum absolute atomic E-state index is 0.206. The first kappa shape index (κ1) is 16.2. The number of ether oxygens (including phenoxy) is 1. The molecule has 1 aliphatic rings. The molecule has 1 unspecified atom stereocenters. The molecule has 0 radical (unpaired) electrons. The van der Waals surface area contributed by atoms with Gasteiger partial charge in [-0.1, -0.05) is 54.6 Å². The number of aliphatic hydroxyl groups is 1. The lowest BCUT2D eigenvalue weighted by molar-refractivity contribution is 0.173. The summed E-state index contributed by atoms with van der Waals surface area (Å²) in [5.74, 6) is 0. The third kappa shape index (κ3) is 4.01. The maximum atomic E-state index is 8.98. The Bertz CT molecular complexity index is 583.